The fraction of sp³-hybridized carbons (Fsp3) is 0.448. The highest BCUT2D eigenvalue weighted by atomic mass is 16.2. The molecule has 0 saturated heterocycles. The number of hydrogen-bond acceptors (Lipinski definition) is 5. The molecule has 0 saturated carbocycles. The minimum absolute atomic E-state index is 0.0386. The molecule has 4 rings (SSSR count). The van der Waals surface area contributed by atoms with Gasteiger partial charge in [-0.2, -0.15) is 0 Å². The second-order valence-electron chi connectivity index (χ2n) is 10.9. The molecule has 6 nitrogen and oxygen atoms in total. The van der Waals surface area contributed by atoms with Crippen molar-refractivity contribution in [3.8, 4) is 0 Å². The van der Waals surface area contributed by atoms with Gasteiger partial charge in [0.1, 0.15) is 0 Å². The van der Waals surface area contributed by atoms with Crippen molar-refractivity contribution in [2.45, 2.75) is 46.1 Å². The maximum atomic E-state index is 13.7. The average Bonchev–Trinajstić information content (AvgIpc) is 2.91. The van der Waals surface area contributed by atoms with E-state index in [-0.39, 0.29) is 29.7 Å². The molecule has 186 valence electrons. The van der Waals surface area contributed by atoms with Gasteiger partial charge >= 0.3 is 0 Å². The van der Waals surface area contributed by atoms with Gasteiger partial charge in [-0.1, -0.05) is 55.8 Å². The number of ketones is 1. The normalized spacial score (nSPS) is 19.1. The van der Waals surface area contributed by atoms with Crippen LogP contribution in [-0.4, -0.2) is 50.3 Å². The van der Waals surface area contributed by atoms with Crippen LogP contribution in [0.5, 0.6) is 0 Å². The van der Waals surface area contributed by atoms with Crippen molar-refractivity contribution < 1.29 is 9.59 Å². The van der Waals surface area contributed by atoms with E-state index >= 15 is 0 Å². The van der Waals surface area contributed by atoms with E-state index in [2.05, 4.69) is 65.5 Å². The van der Waals surface area contributed by atoms with Crippen LogP contribution in [0.1, 0.15) is 50.3 Å². The summed E-state index contributed by atoms with van der Waals surface area (Å²) in [5.74, 6) is 0.113. The fourth-order valence-corrected chi connectivity index (χ4v) is 5.16. The standard InChI is InChI=1S/C29H38N4O2/c1-20-11-13-21(14-12-20)28-27-23(17-29(2,3)18-25(27)34)31-22-9-6-7-10-24(22)33(28)19-26(35)30-15-8-16-32(4)5/h6-7,9-14,28,31H,8,15-19H2,1-5H3,(H,30,35)/t28-/m1/s1. The lowest BCUT2D eigenvalue weighted by atomic mass is 9.73. The van der Waals surface area contributed by atoms with Gasteiger partial charge in [-0.25, -0.2) is 0 Å². The van der Waals surface area contributed by atoms with Gasteiger partial charge in [-0.15, -0.1) is 0 Å². The van der Waals surface area contributed by atoms with Gasteiger partial charge in [0.25, 0.3) is 0 Å². The molecule has 2 N–H and O–H groups in total. The monoisotopic (exact) mass is 474 g/mol. The van der Waals surface area contributed by atoms with Crippen LogP contribution in [0.4, 0.5) is 11.4 Å². The van der Waals surface area contributed by atoms with Crippen molar-refractivity contribution in [1.82, 2.24) is 10.2 Å². The number of aryl methyl sites for hydroxylation is 1. The number of benzene rings is 2. The quantitative estimate of drug-likeness (QED) is 0.571. The van der Waals surface area contributed by atoms with Crippen LogP contribution in [-0.2, 0) is 9.59 Å². The number of nitrogens with one attached hydrogen (secondary N) is 2. The van der Waals surface area contributed by atoms with E-state index in [0.717, 1.165) is 53.2 Å². The Morgan fingerprint density at radius 1 is 1.11 bits per heavy atom. The number of carbonyl (C=O) groups is 2. The van der Waals surface area contributed by atoms with Crippen LogP contribution in [0.25, 0.3) is 0 Å². The van der Waals surface area contributed by atoms with Gasteiger partial charge in [0, 0.05) is 24.2 Å². The molecule has 1 heterocycles. The SMILES string of the molecule is Cc1ccc([C@@H]2C3=C(CC(C)(C)CC3=O)Nc3ccccc3N2CC(=O)NCCCN(C)C)cc1. The number of hydrogen-bond donors (Lipinski definition) is 2. The molecule has 1 atom stereocenters. The van der Waals surface area contributed by atoms with Crippen molar-refractivity contribution in [3.63, 3.8) is 0 Å². The summed E-state index contributed by atoms with van der Waals surface area (Å²) >= 11 is 0. The predicted molar refractivity (Wildman–Crippen MR) is 143 cm³/mol. The number of Topliss-reactive ketones (excluding diaryl/α,β-unsaturated/α-hetero) is 1. The summed E-state index contributed by atoms with van der Waals surface area (Å²) in [6, 6.07) is 16.1. The molecule has 0 radical (unpaired) electrons. The topological polar surface area (TPSA) is 64.7 Å². The number of para-hydroxylation sites is 2. The molecule has 1 amide bonds. The Bertz CT molecular complexity index is 1120. The van der Waals surface area contributed by atoms with Crippen molar-refractivity contribution in [2.75, 3.05) is 43.9 Å². The highest BCUT2D eigenvalue weighted by Crippen LogP contribution is 2.48. The number of allylic oxidation sites excluding steroid dienone is 1. The molecule has 0 bridgehead atoms. The first kappa shape index (κ1) is 25.0. The summed E-state index contributed by atoms with van der Waals surface area (Å²) in [5.41, 5.74) is 5.69. The van der Waals surface area contributed by atoms with E-state index in [1.165, 1.54) is 0 Å². The lowest BCUT2D eigenvalue weighted by Gasteiger charge is -2.38. The molecule has 0 unspecified atom stereocenters. The number of nitrogens with zero attached hydrogens (tertiary/aromatic N) is 2. The van der Waals surface area contributed by atoms with E-state index in [0.29, 0.717) is 13.0 Å². The summed E-state index contributed by atoms with van der Waals surface area (Å²) in [4.78, 5) is 31.1. The molecule has 2 aromatic carbocycles. The molecule has 2 aliphatic rings. The third kappa shape index (κ3) is 5.76. The summed E-state index contributed by atoms with van der Waals surface area (Å²) in [6.07, 6.45) is 2.17. The molecule has 0 spiro atoms. The summed E-state index contributed by atoms with van der Waals surface area (Å²) in [5, 5.41) is 6.69. The van der Waals surface area contributed by atoms with Gasteiger partial charge < -0.3 is 20.4 Å². The molecule has 35 heavy (non-hydrogen) atoms. The maximum Gasteiger partial charge on any atom is 0.239 e. The summed E-state index contributed by atoms with van der Waals surface area (Å²) in [6.45, 7) is 8.07. The van der Waals surface area contributed by atoms with Crippen molar-refractivity contribution in [3.05, 3.63) is 70.9 Å². The first-order chi connectivity index (χ1) is 16.6. The van der Waals surface area contributed by atoms with Crippen LogP contribution in [0.15, 0.2) is 59.8 Å². The lowest BCUT2D eigenvalue weighted by molar-refractivity contribution is -0.120. The third-order valence-electron chi connectivity index (χ3n) is 6.82. The molecular formula is C29H38N4O2. The second kappa shape index (κ2) is 10.2. The minimum atomic E-state index is -0.335. The zero-order valence-electron chi connectivity index (χ0n) is 21.6. The lowest BCUT2D eigenvalue weighted by Crippen LogP contribution is -2.42. The molecule has 0 fully saturated rings. The van der Waals surface area contributed by atoms with E-state index in [1.807, 2.05) is 38.4 Å². The number of anilines is 2. The van der Waals surface area contributed by atoms with Crippen molar-refractivity contribution >= 4 is 23.1 Å². The molecule has 1 aliphatic heterocycles. The van der Waals surface area contributed by atoms with Crippen LogP contribution >= 0.6 is 0 Å². The third-order valence-corrected chi connectivity index (χ3v) is 6.82. The first-order valence-corrected chi connectivity index (χ1v) is 12.5. The molecule has 2 aromatic rings. The van der Waals surface area contributed by atoms with E-state index < -0.39 is 0 Å². The van der Waals surface area contributed by atoms with Gasteiger partial charge in [-0.05, 0) is 63.5 Å². The predicted octanol–water partition coefficient (Wildman–Crippen LogP) is 4.68. The van der Waals surface area contributed by atoms with E-state index in [9.17, 15) is 9.59 Å². The van der Waals surface area contributed by atoms with Crippen LogP contribution in [0.3, 0.4) is 0 Å². The molecular weight excluding hydrogens is 436 g/mol. The summed E-state index contributed by atoms with van der Waals surface area (Å²) in [7, 11) is 4.06. The Hall–Kier alpha value is -3.12. The van der Waals surface area contributed by atoms with Gasteiger partial charge in [0.15, 0.2) is 5.78 Å². The highest BCUT2D eigenvalue weighted by Gasteiger charge is 2.41. The van der Waals surface area contributed by atoms with Gasteiger partial charge in [-0.3, -0.25) is 9.59 Å². The molecule has 6 heteroatoms. The van der Waals surface area contributed by atoms with E-state index in [4.69, 9.17) is 0 Å². The van der Waals surface area contributed by atoms with Crippen molar-refractivity contribution in [2.24, 2.45) is 5.41 Å². The minimum Gasteiger partial charge on any atom is -0.357 e. The first-order valence-electron chi connectivity index (χ1n) is 12.5. The zero-order chi connectivity index (χ0) is 25.2. The smallest absolute Gasteiger partial charge is 0.239 e. The number of fused-ring (bicyclic) bond motifs is 1. The Balaban J connectivity index is 1.77. The molecule has 1 aliphatic carbocycles. The number of rotatable bonds is 7. The largest absolute Gasteiger partial charge is 0.357 e. The second-order valence-corrected chi connectivity index (χ2v) is 10.9. The summed E-state index contributed by atoms with van der Waals surface area (Å²) < 4.78 is 0. The van der Waals surface area contributed by atoms with Gasteiger partial charge in [0.2, 0.25) is 5.91 Å². The Morgan fingerprint density at radius 3 is 2.54 bits per heavy atom. The Labute approximate surface area is 209 Å². The Kier molecular flexibility index (Phi) is 7.31. The average molecular weight is 475 g/mol. The van der Waals surface area contributed by atoms with Gasteiger partial charge in [0.05, 0.1) is 24.0 Å². The highest BCUT2D eigenvalue weighted by molar-refractivity contribution is 6.01. The maximum absolute atomic E-state index is 13.7. The number of amides is 1. The van der Waals surface area contributed by atoms with Crippen LogP contribution < -0.4 is 15.5 Å². The van der Waals surface area contributed by atoms with Crippen LogP contribution in [0, 0.1) is 12.3 Å². The van der Waals surface area contributed by atoms with E-state index in [1.54, 1.807) is 0 Å². The zero-order valence-corrected chi connectivity index (χ0v) is 21.6. The Morgan fingerprint density at radius 2 is 1.83 bits per heavy atom. The molecule has 0 aromatic heterocycles. The van der Waals surface area contributed by atoms with Crippen molar-refractivity contribution in [1.29, 1.82) is 0 Å². The number of carbonyl (C=O) groups excluding carboxylic acids is 2. The van der Waals surface area contributed by atoms with Crippen LogP contribution in [0.2, 0.25) is 0 Å². The fourth-order valence-electron chi connectivity index (χ4n) is 5.16.